The molecule has 0 bridgehead atoms. The molecule has 0 saturated heterocycles. The summed E-state index contributed by atoms with van der Waals surface area (Å²) in [6.07, 6.45) is 0. The Morgan fingerprint density at radius 2 is 2.09 bits per heavy atom. The van der Waals surface area contributed by atoms with Crippen molar-refractivity contribution in [1.29, 1.82) is 0 Å². The number of methoxy groups -OCH3 is 1. The number of nitrogens with zero attached hydrogens (tertiary/aromatic N) is 2. The molecule has 7 heteroatoms. The molecule has 0 radical (unpaired) electrons. The number of carbonyl (C=O) groups excluding carboxylic acids is 1. The molecule has 0 heterocycles. The third-order valence-corrected chi connectivity index (χ3v) is 3.48. The van der Waals surface area contributed by atoms with Gasteiger partial charge >= 0.3 is 6.03 Å². The molecule has 2 amide bonds. The maximum absolute atomic E-state index is 12.0. The highest BCUT2D eigenvalue weighted by Crippen LogP contribution is 2.23. The second-order valence-electron chi connectivity index (χ2n) is 5.07. The first kappa shape index (κ1) is 18.5. The molecule has 0 aliphatic heterocycles. The van der Waals surface area contributed by atoms with Crippen LogP contribution >= 0.6 is 11.6 Å². The van der Waals surface area contributed by atoms with E-state index in [9.17, 15) is 4.79 Å². The molecule has 0 saturated carbocycles. The first-order chi connectivity index (χ1) is 10.5. The van der Waals surface area contributed by atoms with Gasteiger partial charge in [0.15, 0.2) is 0 Å². The minimum atomic E-state index is -0.167. The van der Waals surface area contributed by atoms with Gasteiger partial charge in [0.05, 0.1) is 20.3 Å². The highest BCUT2D eigenvalue weighted by molar-refractivity contribution is 6.30. The Bertz CT molecular complexity index is 485. The summed E-state index contributed by atoms with van der Waals surface area (Å²) in [6.45, 7) is 2.30. The Morgan fingerprint density at radius 3 is 2.73 bits per heavy atom. The molecule has 0 spiro atoms. The van der Waals surface area contributed by atoms with E-state index in [-0.39, 0.29) is 12.6 Å². The minimum Gasteiger partial charge on any atom is -0.496 e. The molecule has 0 unspecified atom stereocenters. The molecule has 0 aliphatic carbocycles. The van der Waals surface area contributed by atoms with E-state index in [1.807, 2.05) is 11.9 Å². The number of hydrogen-bond acceptors (Lipinski definition) is 4. The molecular formula is C15H24ClN3O3. The molecule has 1 aromatic carbocycles. The number of hydrogen-bond donors (Lipinski definition) is 2. The van der Waals surface area contributed by atoms with Crippen molar-refractivity contribution in [3.63, 3.8) is 0 Å². The van der Waals surface area contributed by atoms with Crippen molar-refractivity contribution < 1.29 is 14.6 Å². The summed E-state index contributed by atoms with van der Waals surface area (Å²) in [5.41, 5.74) is 0.852. The monoisotopic (exact) mass is 329 g/mol. The van der Waals surface area contributed by atoms with E-state index in [0.717, 1.165) is 5.56 Å². The minimum absolute atomic E-state index is 0.110. The van der Waals surface area contributed by atoms with Crippen LogP contribution in [0.15, 0.2) is 18.2 Å². The number of nitrogens with one attached hydrogen (secondary N) is 1. The van der Waals surface area contributed by atoms with Crippen LogP contribution < -0.4 is 10.1 Å². The standard InChI is InChI=1S/C15H24ClN3O3/c1-18(8-9-20)7-6-17-15(21)19(2)11-12-10-13(16)4-5-14(12)22-3/h4-5,10,20H,6-9,11H2,1-3H3,(H,17,21). The van der Waals surface area contributed by atoms with Crippen LogP contribution in [-0.2, 0) is 6.54 Å². The maximum Gasteiger partial charge on any atom is 0.317 e. The van der Waals surface area contributed by atoms with Crippen LogP contribution in [0.3, 0.4) is 0 Å². The number of urea groups is 1. The van der Waals surface area contributed by atoms with Gasteiger partial charge in [0.2, 0.25) is 0 Å². The summed E-state index contributed by atoms with van der Waals surface area (Å²) < 4.78 is 5.27. The molecule has 0 fully saturated rings. The number of benzene rings is 1. The van der Waals surface area contributed by atoms with Crippen molar-refractivity contribution in [2.45, 2.75) is 6.54 Å². The first-order valence-corrected chi connectivity index (χ1v) is 7.46. The van der Waals surface area contributed by atoms with Gasteiger partial charge in [-0.1, -0.05) is 11.6 Å². The van der Waals surface area contributed by atoms with Crippen LogP contribution in [-0.4, -0.2) is 68.4 Å². The van der Waals surface area contributed by atoms with Crippen molar-refractivity contribution in [2.24, 2.45) is 0 Å². The highest BCUT2D eigenvalue weighted by atomic mass is 35.5. The van der Waals surface area contributed by atoms with Crippen LogP contribution in [0.2, 0.25) is 5.02 Å². The molecule has 0 atom stereocenters. The number of rotatable bonds is 8. The maximum atomic E-state index is 12.0. The second-order valence-corrected chi connectivity index (χ2v) is 5.51. The Labute approximate surface area is 136 Å². The molecule has 0 aromatic heterocycles. The fraction of sp³-hybridized carbons (Fsp3) is 0.533. The molecule has 1 rings (SSSR count). The second kappa shape index (κ2) is 9.50. The van der Waals surface area contributed by atoms with Crippen molar-refractivity contribution in [3.8, 4) is 5.75 Å². The zero-order valence-electron chi connectivity index (χ0n) is 13.3. The van der Waals surface area contributed by atoms with E-state index >= 15 is 0 Å². The van der Waals surface area contributed by atoms with Crippen LogP contribution in [0.25, 0.3) is 0 Å². The molecule has 124 valence electrons. The summed E-state index contributed by atoms with van der Waals surface area (Å²) in [7, 11) is 5.19. The van der Waals surface area contributed by atoms with Crippen LogP contribution in [0, 0.1) is 0 Å². The molecular weight excluding hydrogens is 306 g/mol. The molecule has 6 nitrogen and oxygen atoms in total. The van der Waals surface area contributed by atoms with Crippen molar-refractivity contribution in [3.05, 3.63) is 28.8 Å². The van der Waals surface area contributed by atoms with Gasteiger partial charge in [-0.15, -0.1) is 0 Å². The molecule has 1 aromatic rings. The smallest absolute Gasteiger partial charge is 0.317 e. The van der Waals surface area contributed by atoms with Crippen molar-refractivity contribution >= 4 is 17.6 Å². The number of likely N-dealkylation sites (N-methyl/N-ethyl adjacent to an activating group) is 1. The SMILES string of the molecule is COc1ccc(Cl)cc1CN(C)C(=O)NCCN(C)CCO. The fourth-order valence-corrected chi connectivity index (χ4v) is 2.16. The Balaban J connectivity index is 2.49. The van der Waals surface area contributed by atoms with E-state index < -0.39 is 0 Å². The Kier molecular flexibility index (Phi) is 8.01. The predicted molar refractivity (Wildman–Crippen MR) is 87.5 cm³/mol. The predicted octanol–water partition coefficient (Wildman–Crippen LogP) is 1.41. The van der Waals surface area contributed by atoms with E-state index in [1.54, 1.807) is 37.3 Å². The summed E-state index contributed by atoms with van der Waals surface area (Å²) in [6, 6.07) is 5.16. The Hall–Kier alpha value is -1.50. The van der Waals surface area contributed by atoms with Gasteiger partial charge in [-0.25, -0.2) is 4.79 Å². The fourth-order valence-electron chi connectivity index (χ4n) is 1.97. The van der Waals surface area contributed by atoms with Crippen LogP contribution in [0.1, 0.15) is 5.56 Å². The number of halogens is 1. The van der Waals surface area contributed by atoms with Gasteiger partial charge in [0.1, 0.15) is 5.75 Å². The van der Waals surface area contributed by atoms with Crippen molar-refractivity contribution in [1.82, 2.24) is 15.1 Å². The quantitative estimate of drug-likeness (QED) is 0.757. The van der Waals surface area contributed by atoms with Crippen LogP contribution in [0.5, 0.6) is 5.75 Å². The largest absolute Gasteiger partial charge is 0.496 e. The lowest BCUT2D eigenvalue weighted by molar-refractivity contribution is 0.200. The summed E-state index contributed by atoms with van der Waals surface area (Å²) in [5, 5.41) is 12.3. The number of aliphatic hydroxyl groups excluding tert-OH is 1. The van der Waals surface area contributed by atoms with E-state index in [1.165, 1.54) is 0 Å². The molecule has 22 heavy (non-hydrogen) atoms. The van der Waals surface area contributed by atoms with Crippen molar-refractivity contribution in [2.75, 3.05) is 47.4 Å². The zero-order chi connectivity index (χ0) is 16.5. The zero-order valence-corrected chi connectivity index (χ0v) is 14.1. The van der Waals surface area contributed by atoms with E-state index in [0.29, 0.717) is 37.0 Å². The number of carbonyl (C=O) groups is 1. The third-order valence-electron chi connectivity index (χ3n) is 3.25. The number of amides is 2. The van der Waals surface area contributed by atoms with E-state index in [4.69, 9.17) is 21.4 Å². The van der Waals surface area contributed by atoms with Gasteiger partial charge in [0.25, 0.3) is 0 Å². The lowest BCUT2D eigenvalue weighted by Gasteiger charge is -2.21. The normalized spacial score (nSPS) is 10.6. The first-order valence-electron chi connectivity index (χ1n) is 7.08. The van der Waals surface area contributed by atoms with Gasteiger partial charge in [-0.2, -0.15) is 0 Å². The van der Waals surface area contributed by atoms with Gasteiger partial charge in [-0.3, -0.25) is 0 Å². The third kappa shape index (κ3) is 6.09. The Morgan fingerprint density at radius 1 is 1.36 bits per heavy atom. The highest BCUT2D eigenvalue weighted by Gasteiger charge is 2.12. The van der Waals surface area contributed by atoms with E-state index in [2.05, 4.69) is 5.32 Å². The lowest BCUT2D eigenvalue weighted by atomic mass is 10.2. The topological polar surface area (TPSA) is 65.0 Å². The molecule has 0 aliphatic rings. The van der Waals surface area contributed by atoms with Gasteiger partial charge < -0.3 is 25.0 Å². The average molecular weight is 330 g/mol. The summed E-state index contributed by atoms with van der Waals surface area (Å²) >= 11 is 5.98. The lowest BCUT2D eigenvalue weighted by Crippen LogP contribution is -2.40. The average Bonchev–Trinajstić information content (AvgIpc) is 2.47. The van der Waals surface area contributed by atoms with Gasteiger partial charge in [-0.05, 0) is 25.2 Å². The molecule has 2 N–H and O–H groups in total. The number of aliphatic hydroxyl groups is 1. The van der Waals surface area contributed by atoms with Gasteiger partial charge in [0, 0.05) is 37.3 Å². The van der Waals surface area contributed by atoms with Crippen LogP contribution in [0.4, 0.5) is 4.79 Å². The summed E-state index contributed by atoms with van der Waals surface area (Å²) in [4.78, 5) is 15.6. The summed E-state index contributed by atoms with van der Waals surface area (Å²) in [5.74, 6) is 0.701. The number of ether oxygens (including phenoxy) is 1.